The summed E-state index contributed by atoms with van der Waals surface area (Å²) in [5, 5.41) is 9.08. The van der Waals surface area contributed by atoms with Crippen molar-refractivity contribution in [1.29, 1.82) is 0 Å². The van der Waals surface area contributed by atoms with E-state index >= 15 is 0 Å². The van der Waals surface area contributed by atoms with E-state index in [9.17, 15) is 4.79 Å². The maximum absolute atomic E-state index is 10.3. The van der Waals surface area contributed by atoms with Crippen LogP contribution >= 0.6 is 0 Å². The van der Waals surface area contributed by atoms with Gasteiger partial charge in [0, 0.05) is 12.3 Å². The highest BCUT2D eigenvalue weighted by molar-refractivity contribution is 5.57. The lowest BCUT2D eigenvalue weighted by atomic mass is 9.88. The summed E-state index contributed by atoms with van der Waals surface area (Å²) in [5.74, 6) is 0.764. The van der Waals surface area contributed by atoms with Crippen molar-refractivity contribution in [2.45, 2.75) is 19.8 Å². The van der Waals surface area contributed by atoms with Crippen LogP contribution in [-0.2, 0) is 4.79 Å². The average Bonchev–Trinajstić information content (AvgIpc) is 1.85. The Morgan fingerprint density at radius 3 is 3.00 bits per heavy atom. The fraction of sp³-hybridized carbons (Fsp3) is 0.625. The van der Waals surface area contributed by atoms with Crippen LogP contribution in [0, 0.1) is 11.8 Å². The van der Waals surface area contributed by atoms with E-state index < -0.39 is 0 Å². The zero-order chi connectivity index (χ0) is 7.56. The maximum Gasteiger partial charge on any atom is 0.126 e. The number of allylic oxidation sites excluding steroid dienone is 2. The summed E-state index contributed by atoms with van der Waals surface area (Å²) in [7, 11) is 0. The number of aliphatic hydroxyl groups is 1. The number of hydrogen-bond donors (Lipinski definition) is 1. The normalized spacial score (nSPS) is 33.1. The van der Waals surface area contributed by atoms with Gasteiger partial charge in [0.05, 0.1) is 5.76 Å². The van der Waals surface area contributed by atoms with Crippen molar-refractivity contribution < 1.29 is 9.90 Å². The van der Waals surface area contributed by atoms with Gasteiger partial charge in [-0.3, -0.25) is 0 Å². The van der Waals surface area contributed by atoms with Crippen molar-refractivity contribution in [3.8, 4) is 0 Å². The summed E-state index contributed by atoms with van der Waals surface area (Å²) < 4.78 is 0. The molecule has 0 aromatic carbocycles. The summed E-state index contributed by atoms with van der Waals surface area (Å²) in [6.45, 7) is 2.04. The standard InChI is InChI=1S/C8H12O2/c1-6-2-7(5-9)4-8(10)3-6/h4-7,10H,2-3H2,1H3. The molecule has 0 spiro atoms. The molecule has 1 rings (SSSR count). The van der Waals surface area contributed by atoms with Crippen molar-refractivity contribution in [1.82, 2.24) is 0 Å². The Bertz CT molecular complexity index is 161. The maximum atomic E-state index is 10.3. The topological polar surface area (TPSA) is 37.3 Å². The molecular formula is C8H12O2. The molecule has 0 aromatic heterocycles. The third-order valence-corrected chi connectivity index (χ3v) is 1.81. The minimum absolute atomic E-state index is 0.0521. The molecule has 0 fully saturated rings. The van der Waals surface area contributed by atoms with E-state index in [1.165, 1.54) is 0 Å². The summed E-state index contributed by atoms with van der Waals surface area (Å²) in [6.07, 6.45) is 4.15. The van der Waals surface area contributed by atoms with Gasteiger partial charge in [-0.15, -0.1) is 0 Å². The molecule has 0 aromatic rings. The van der Waals surface area contributed by atoms with Gasteiger partial charge in [-0.25, -0.2) is 0 Å². The van der Waals surface area contributed by atoms with Crippen molar-refractivity contribution in [2.24, 2.45) is 11.8 Å². The molecule has 0 saturated carbocycles. The predicted molar refractivity (Wildman–Crippen MR) is 38.7 cm³/mol. The molecule has 56 valence electrons. The van der Waals surface area contributed by atoms with Gasteiger partial charge in [-0.05, 0) is 18.4 Å². The summed E-state index contributed by atoms with van der Waals surface area (Å²) in [5.41, 5.74) is 0. The molecule has 1 N–H and O–H groups in total. The zero-order valence-electron chi connectivity index (χ0n) is 6.08. The van der Waals surface area contributed by atoms with E-state index in [1.807, 2.05) is 6.92 Å². The molecule has 1 aliphatic carbocycles. The highest BCUT2D eigenvalue weighted by Crippen LogP contribution is 2.24. The molecule has 0 amide bonds. The van der Waals surface area contributed by atoms with E-state index in [0.29, 0.717) is 11.7 Å². The van der Waals surface area contributed by atoms with Crippen LogP contribution in [0.15, 0.2) is 11.8 Å². The zero-order valence-corrected chi connectivity index (χ0v) is 6.08. The second-order valence-corrected chi connectivity index (χ2v) is 3.00. The Morgan fingerprint density at radius 1 is 1.80 bits per heavy atom. The smallest absolute Gasteiger partial charge is 0.126 e. The van der Waals surface area contributed by atoms with Crippen molar-refractivity contribution >= 4 is 6.29 Å². The van der Waals surface area contributed by atoms with Crippen molar-refractivity contribution in [3.05, 3.63) is 11.8 Å². The van der Waals surface area contributed by atoms with Crippen LogP contribution in [0.2, 0.25) is 0 Å². The minimum Gasteiger partial charge on any atom is -0.513 e. The SMILES string of the molecule is CC1CC(O)=CC(C=O)C1. The fourth-order valence-electron chi connectivity index (χ4n) is 1.38. The molecule has 0 bridgehead atoms. The molecule has 0 heterocycles. The van der Waals surface area contributed by atoms with Gasteiger partial charge in [0.1, 0.15) is 6.29 Å². The molecular weight excluding hydrogens is 128 g/mol. The Hall–Kier alpha value is -0.790. The van der Waals surface area contributed by atoms with Crippen molar-refractivity contribution in [2.75, 3.05) is 0 Å². The van der Waals surface area contributed by atoms with E-state index in [4.69, 9.17) is 5.11 Å². The molecule has 0 radical (unpaired) electrons. The molecule has 0 aliphatic heterocycles. The second kappa shape index (κ2) is 2.86. The molecule has 10 heavy (non-hydrogen) atoms. The van der Waals surface area contributed by atoms with Crippen LogP contribution in [0.4, 0.5) is 0 Å². The Balaban J connectivity index is 2.63. The number of carbonyl (C=O) groups is 1. The number of carbonyl (C=O) groups excluding carboxylic acids is 1. The number of hydrogen-bond acceptors (Lipinski definition) is 2. The van der Waals surface area contributed by atoms with Gasteiger partial charge >= 0.3 is 0 Å². The van der Waals surface area contributed by atoms with Gasteiger partial charge in [-0.2, -0.15) is 0 Å². The summed E-state index contributed by atoms with van der Waals surface area (Å²) in [4.78, 5) is 10.3. The van der Waals surface area contributed by atoms with E-state index in [0.717, 1.165) is 19.1 Å². The third kappa shape index (κ3) is 1.59. The molecule has 0 saturated heterocycles. The largest absolute Gasteiger partial charge is 0.513 e. The number of aldehydes is 1. The molecule has 2 heteroatoms. The van der Waals surface area contributed by atoms with Gasteiger partial charge < -0.3 is 9.90 Å². The molecule has 2 atom stereocenters. The fourth-order valence-corrected chi connectivity index (χ4v) is 1.38. The number of rotatable bonds is 1. The molecule has 2 unspecified atom stereocenters. The van der Waals surface area contributed by atoms with Crippen LogP contribution < -0.4 is 0 Å². The van der Waals surface area contributed by atoms with Crippen LogP contribution in [0.5, 0.6) is 0 Å². The lowest BCUT2D eigenvalue weighted by molar-refractivity contribution is -0.110. The van der Waals surface area contributed by atoms with Gasteiger partial charge in [-0.1, -0.05) is 6.92 Å². The molecule has 1 aliphatic rings. The third-order valence-electron chi connectivity index (χ3n) is 1.81. The van der Waals surface area contributed by atoms with Gasteiger partial charge in [0.25, 0.3) is 0 Å². The lowest BCUT2D eigenvalue weighted by Gasteiger charge is -2.18. The first-order valence-corrected chi connectivity index (χ1v) is 3.57. The first-order chi connectivity index (χ1) is 4.72. The average molecular weight is 140 g/mol. The van der Waals surface area contributed by atoms with Crippen LogP contribution in [0.25, 0.3) is 0 Å². The Morgan fingerprint density at radius 2 is 2.50 bits per heavy atom. The van der Waals surface area contributed by atoms with Gasteiger partial charge in [0.15, 0.2) is 0 Å². The predicted octanol–water partition coefficient (Wildman–Crippen LogP) is 1.67. The molecule has 2 nitrogen and oxygen atoms in total. The first-order valence-electron chi connectivity index (χ1n) is 3.57. The lowest BCUT2D eigenvalue weighted by Crippen LogP contribution is -2.12. The Kier molecular flexibility index (Phi) is 2.10. The minimum atomic E-state index is -0.0521. The second-order valence-electron chi connectivity index (χ2n) is 3.00. The number of aliphatic hydroxyl groups excluding tert-OH is 1. The van der Waals surface area contributed by atoms with Crippen LogP contribution in [0.1, 0.15) is 19.8 Å². The van der Waals surface area contributed by atoms with E-state index in [1.54, 1.807) is 6.08 Å². The van der Waals surface area contributed by atoms with E-state index in [2.05, 4.69) is 0 Å². The highest BCUT2D eigenvalue weighted by atomic mass is 16.3. The monoisotopic (exact) mass is 140 g/mol. The quantitative estimate of drug-likeness (QED) is 0.562. The Labute approximate surface area is 60.6 Å². The van der Waals surface area contributed by atoms with Gasteiger partial charge in [0.2, 0.25) is 0 Å². The van der Waals surface area contributed by atoms with Crippen molar-refractivity contribution in [3.63, 3.8) is 0 Å². The van der Waals surface area contributed by atoms with Crippen LogP contribution in [0.3, 0.4) is 0 Å². The van der Waals surface area contributed by atoms with E-state index in [-0.39, 0.29) is 5.92 Å². The van der Waals surface area contributed by atoms with Crippen LogP contribution in [-0.4, -0.2) is 11.4 Å². The summed E-state index contributed by atoms with van der Waals surface area (Å²) in [6, 6.07) is 0. The first kappa shape index (κ1) is 7.32. The summed E-state index contributed by atoms with van der Waals surface area (Å²) >= 11 is 0. The highest BCUT2D eigenvalue weighted by Gasteiger charge is 2.17.